The minimum Gasteiger partial charge on any atom is -0.279 e. The maximum atomic E-state index is 14.1. The molecule has 8 nitrogen and oxygen atoms in total. The molecule has 0 spiro atoms. The number of hydrogen-bond acceptors (Lipinski definition) is 6. The molecule has 0 saturated heterocycles. The fourth-order valence-corrected chi connectivity index (χ4v) is 4.07. The van der Waals surface area contributed by atoms with Gasteiger partial charge >= 0.3 is 0 Å². The van der Waals surface area contributed by atoms with Crippen molar-refractivity contribution in [2.75, 3.05) is 12.0 Å². The monoisotopic (exact) mass is 483 g/mol. The molecule has 2 aromatic rings. The van der Waals surface area contributed by atoms with Crippen molar-refractivity contribution in [1.29, 1.82) is 0 Å². The van der Waals surface area contributed by atoms with Gasteiger partial charge in [-0.05, 0) is 29.5 Å². The molecule has 0 aliphatic heterocycles. The van der Waals surface area contributed by atoms with Gasteiger partial charge in [0.25, 0.3) is 0 Å². The summed E-state index contributed by atoms with van der Waals surface area (Å²) in [7, 11) is 0. The van der Waals surface area contributed by atoms with Gasteiger partial charge in [-0.15, -0.1) is 0 Å². The Morgan fingerprint density at radius 3 is 2.66 bits per heavy atom. The lowest BCUT2D eigenvalue weighted by molar-refractivity contribution is -0.182. The van der Waals surface area contributed by atoms with Crippen molar-refractivity contribution < 1.29 is 18.8 Å². The summed E-state index contributed by atoms with van der Waals surface area (Å²) in [6.07, 6.45) is 5.39. The molecule has 32 heavy (non-hydrogen) atoms. The maximum Gasteiger partial charge on any atom is 0.243 e. The number of carbonyl (C=O) groups excluding carboxylic acids is 2. The Balaban J connectivity index is 1.64. The normalized spacial score (nSPS) is 14.7. The molecule has 0 unspecified atom stereocenters. The van der Waals surface area contributed by atoms with Crippen molar-refractivity contribution in [3.05, 3.63) is 52.1 Å². The van der Waals surface area contributed by atoms with Crippen LogP contribution in [0.3, 0.4) is 0 Å². The zero-order chi connectivity index (χ0) is 22.9. The van der Waals surface area contributed by atoms with Crippen molar-refractivity contribution in [3.8, 4) is 0 Å². The second-order valence-electron chi connectivity index (χ2n) is 7.61. The Hall–Kier alpha value is -2.49. The fourth-order valence-electron chi connectivity index (χ4n) is 3.69. The first-order valence-electron chi connectivity index (χ1n) is 10.3. The number of nitrogens with zero attached hydrogens (tertiary/aromatic N) is 3. The minimum atomic E-state index is -0.940. The number of hydrazine groups is 1. The molecule has 1 atom stereocenters. The third kappa shape index (κ3) is 7.01. The lowest BCUT2D eigenvalue weighted by Gasteiger charge is -2.25. The smallest absolute Gasteiger partial charge is 0.243 e. The third-order valence-corrected chi connectivity index (χ3v) is 5.73. The van der Waals surface area contributed by atoms with E-state index in [2.05, 4.69) is 20.8 Å². The van der Waals surface area contributed by atoms with Gasteiger partial charge in [-0.1, -0.05) is 67.6 Å². The van der Waals surface area contributed by atoms with Crippen molar-refractivity contribution >= 4 is 41.3 Å². The predicted octanol–water partition coefficient (Wildman–Crippen LogP) is 4.15. The van der Waals surface area contributed by atoms with Crippen LogP contribution < -0.4 is 10.9 Å². The number of anilines is 1. The first-order chi connectivity index (χ1) is 15.5. The summed E-state index contributed by atoms with van der Waals surface area (Å²) in [6.45, 7) is 0.243. The topological polar surface area (TPSA) is 96.5 Å². The highest BCUT2D eigenvalue weighted by atomic mass is 35.5. The van der Waals surface area contributed by atoms with E-state index in [1.54, 1.807) is 0 Å². The van der Waals surface area contributed by atoms with Crippen LogP contribution in [0.25, 0.3) is 0 Å². The molecule has 1 aliphatic carbocycles. The van der Waals surface area contributed by atoms with Crippen molar-refractivity contribution in [3.63, 3.8) is 0 Å². The highest BCUT2D eigenvalue weighted by Gasteiger charge is 2.28. The number of aromatic nitrogens is 2. The van der Waals surface area contributed by atoms with Gasteiger partial charge < -0.3 is 0 Å². The van der Waals surface area contributed by atoms with E-state index < -0.39 is 22.8 Å². The zero-order valence-corrected chi connectivity index (χ0v) is 18.8. The summed E-state index contributed by atoms with van der Waals surface area (Å²) in [5, 5.41) is 0.383. The second-order valence-corrected chi connectivity index (χ2v) is 8.30. The molecule has 1 saturated carbocycles. The quantitative estimate of drug-likeness (QED) is 0.215. The molecular formula is C21H24Cl2FN5O3. The van der Waals surface area contributed by atoms with Crippen LogP contribution in [0.1, 0.15) is 37.7 Å². The lowest BCUT2D eigenvalue weighted by atomic mass is 9.92. The molecule has 1 aromatic carbocycles. The highest BCUT2D eigenvalue weighted by molar-refractivity contribution is 6.32. The summed E-state index contributed by atoms with van der Waals surface area (Å²) < 4.78 is 14.1. The van der Waals surface area contributed by atoms with E-state index in [4.69, 9.17) is 28.0 Å². The van der Waals surface area contributed by atoms with Gasteiger partial charge in [-0.25, -0.2) is 10.0 Å². The van der Waals surface area contributed by atoms with Gasteiger partial charge in [-0.2, -0.15) is 9.37 Å². The fraction of sp³-hybridized carbons (Fsp3) is 0.429. The lowest BCUT2D eigenvalue weighted by Crippen LogP contribution is -2.42. The van der Waals surface area contributed by atoms with Crippen LogP contribution in [0, 0.1) is 17.7 Å². The van der Waals surface area contributed by atoms with Gasteiger partial charge in [0.05, 0.1) is 12.5 Å². The summed E-state index contributed by atoms with van der Waals surface area (Å²) >= 11 is 11.4. The van der Waals surface area contributed by atoms with E-state index in [9.17, 15) is 14.0 Å². The zero-order valence-electron chi connectivity index (χ0n) is 17.3. The summed E-state index contributed by atoms with van der Waals surface area (Å²) in [5.41, 5.74) is 5.74. The van der Waals surface area contributed by atoms with E-state index in [0.29, 0.717) is 18.7 Å². The van der Waals surface area contributed by atoms with E-state index in [1.165, 1.54) is 0 Å². The Kier molecular flexibility index (Phi) is 9.01. The summed E-state index contributed by atoms with van der Waals surface area (Å²) in [6, 6.07) is 9.38. The van der Waals surface area contributed by atoms with Gasteiger partial charge in [0.2, 0.25) is 23.4 Å². The van der Waals surface area contributed by atoms with Crippen LogP contribution in [0.5, 0.6) is 0 Å². The molecule has 2 amide bonds. The number of benzene rings is 1. The molecule has 1 aromatic heterocycles. The minimum absolute atomic E-state index is 0.0497. The van der Waals surface area contributed by atoms with Crippen molar-refractivity contribution in [2.45, 2.75) is 38.7 Å². The highest BCUT2D eigenvalue weighted by Crippen LogP contribution is 2.31. The number of hydrogen-bond donors (Lipinski definition) is 2. The number of carbonyl (C=O) groups is 2. The Labute approximate surface area is 195 Å². The van der Waals surface area contributed by atoms with Crippen LogP contribution in [0.2, 0.25) is 10.4 Å². The number of halogens is 3. The standard InChI is InChI=1S/C21H24Cl2FN5O3/c22-18-17(24)19(26-21(23)25-18)27-28-20(31)16(10-14-6-4-5-7-14)11-29(13-30)32-12-15-8-2-1-3-9-15/h1-3,8-9,13-14,16H,4-7,10-12H2,(H,28,31)(H,25,26,27)/t16-/m1/s1. The molecule has 0 bridgehead atoms. The largest absolute Gasteiger partial charge is 0.279 e. The van der Waals surface area contributed by atoms with E-state index >= 15 is 0 Å². The predicted molar refractivity (Wildman–Crippen MR) is 118 cm³/mol. The second kappa shape index (κ2) is 11.9. The molecule has 11 heteroatoms. The van der Waals surface area contributed by atoms with Gasteiger partial charge in [-0.3, -0.25) is 25.3 Å². The molecule has 0 radical (unpaired) electrons. The molecular weight excluding hydrogens is 460 g/mol. The Bertz CT molecular complexity index is 916. The van der Waals surface area contributed by atoms with E-state index in [0.717, 1.165) is 36.3 Å². The van der Waals surface area contributed by atoms with Gasteiger partial charge in [0, 0.05) is 0 Å². The van der Waals surface area contributed by atoms with Crippen LogP contribution >= 0.6 is 23.2 Å². The summed E-state index contributed by atoms with van der Waals surface area (Å²) in [5.74, 6) is -1.94. The Morgan fingerprint density at radius 2 is 1.97 bits per heavy atom. The number of amides is 2. The summed E-state index contributed by atoms with van der Waals surface area (Å²) in [4.78, 5) is 37.2. The molecule has 1 aliphatic rings. The van der Waals surface area contributed by atoms with Crippen molar-refractivity contribution in [2.24, 2.45) is 11.8 Å². The average molecular weight is 484 g/mol. The molecule has 172 valence electrons. The van der Waals surface area contributed by atoms with Gasteiger partial charge in [0.1, 0.15) is 6.61 Å². The van der Waals surface area contributed by atoms with Gasteiger partial charge in [0.15, 0.2) is 11.0 Å². The molecule has 1 heterocycles. The van der Waals surface area contributed by atoms with E-state index in [-0.39, 0.29) is 24.3 Å². The average Bonchev–Trinajstić information content (AvgIpc) is 3.31. The molecule has 3 rings (SSSR count). The van der Waals surface area contributed by atoms with Crippen LogP contribution in [0.15, 0.2) is 30.3 Å². The van der Waals surface area contributed by atoms with Crippen LogP contribution in [0.4, 0.5) is 10.2 Å². The van der Waals surface area contributed by atoms with Crippen LogP contribution in [-0.2, 0) is 21.0 Å². The SMILES string of the molecule is O=CN(C[C@@H](CC1CCCC1)C(=O)NNc1nc(Cl)nc(Cl)c1F)OCc1ccccc1. The third-order valence-electron chi connectivity index (χ3n) is 5.31. The molecule has 1 fully saturated rings. The first kappa shape index (κ1) is 24.2. The molecule has 2 N–H and O–H groups in total. The number of rotatable bonds is 11. The van der Waals surface area contributed by atoms with E-state index in [1.807, 2.05) is 30.3 Å². The van der Waals surface area contributed by atoms with Crippen LogP contribution in [-0.4, -0.2) is 33.9 Å². The number of hydroxylamine groups is 2. The number of nitrogens with one attached hydrogen (secondary N) is 2. The Morgan fingerprint density at radius 1 is 1.25 bits per heavy atom. The maximum absolute atomic E-state index is 14.1. The van der Waals surface area contributed by atoms with Crippen molar-refractivity contribution in [1.82, 2.24) is 20.5 Å². The first-order valence-corrected chi connectivity index (χ1v) is 11.0.